The predicted octanol–water partition coefficient (Wildman–Crippen LogP) is 7.44. The van der Waals surface area contributed by atoms with Gasteiger partial charge in [0.2, 0.25) is 0 Å². The van der Waals surface area contributed by atoms with E-state index >= 15 is 4.39 Å². The smallest absolute Gasteiger partial charge is 0.165 e. The number of ether oxygens (including phenoxy) is 1. The Hall–Kier alpha value is -2.86. The number of rotatable bonds is 6. The van der Waals surface area contributed by atoms with Gasteiger partial charge >= 0.3 is 0 Å². The first-order chi connectivity index (χ1) is 13.9. The molecule has 0 aliphatic carbocycles. The van der Waals surface area contributed by atoms with Crippen molar-refractivity contribution in [1.29, 1.82) is 0 Å². The van der Waals surface area contributed by atoms with Gasteiger partial charge in [-0.25, -0.2) is 17.6 Å². The number of halogens is 4. The third-order valence-electron chi connectivity index (χ3n) is 4.40. The fourth-order valence-corrected chi connectivity index (χ4v) is 4.47. The van der Waals surface area contributed by atoms with Crippen LogP contribution in [0.1, 0.15) is 16.7 Å². The highest BCUT2D eigenvalue weighted by molar-refractivity contribution is 6.58. The van der Waals surface area contributed by atoms with E-state index in [-0.39, 0.29) is 11.3 Å². The molecule has 0 aliphatic heterocycles. The molecule has 29 heavy (non-hydrogen) atoms. The van der Waals surface area contributed by atoms with Gasteiger partial charge in [-0.2, -0.15) is 0 Å². The van der Waals surface area contributed by atoms with E-state index in [4.69, 9.17) is 4.74 Å². The predicted molar refractivity (Wildman–Crippen MR) is 109 cm³/mol. The van der Waals surface area contributed by atoms with Gasteiger partial charge < -0.3 is 4.74 Å². The fourth-order valence-electron chi connectivity index (χ4n) is 2.99. The van der Waals surface area contributed by atoms with E-state index in [9.17, 15) is 13.2 Å². The summed E-state index contributed by atoms with van der Waals surface area (Å²) in [5.74, 6) is -2.75. The maximum atomic E-state index is 15.1. The van der Waals surface area contributed by atoms with Gasteiger partial charge in [0, 0.05) is 11.1 Å². The van der Waals surface area contributed by atoms with Crippen molar-refractivity contribution in [2.75, 3.05) is 0 Å². The van der Waals surface area contributed by atoms with Crippen molar-refractivity contribution in [3.05, 3.63) is 101 Å². The Morgan fingerprint density at radius 1 is 0.862 bits per heavy atom. The minimum atomic E-state index is -1.41. The van der Waals surface area contributed by atoms with Crippen LogP contribution in [-0.4, -0.2) is 8.80 Å². The molecule has 0 amide bonds. The number of hydrogen-bond donors (Lipinski definition) is 0. The molecule has 6 heteroatoms. The average molecular weight is 415 g/mol. The van der Waals surface area contributed by atoms with Crippen LogP contribution in [0.4, 0.5) is 17.6 Å². The molecule has 0 fully saturated rings. The standard InChI is InChI=1S/C23H19F4OSi/c1-29(2)23(22(27)21(26)15-8-11-17(24)12-9-15)16-10-13-19(25)20(14-16)28-18-6-4-3-5-7-18/h3-14,23H,1-2H3/b22-21+. The van der Waals surface area contributed by atoms with E-state index in [1.807, 2.05) is 13.1 Å². The fraction of sp³-hybridized carbons (Fsp3) is 0.130. The lowest BCUT2D eigenvalue weighted by atomic mass is 10.1. The van der Waals surface area contributed by atoms with E-state index in [0.717, 1.165) is 12.1 Å². The highest BCUT2D eigenvalue weighted by atomic mass is 28.3. The highest BCUT2D eigenvalue weighted by Crippen LogP contribution is 2.37. The van der Waals surface area contributed by atoms with Crippen LogP contribution in [-0.2, 0) is 0 Å². The summed E-state index contributed by atoms with van der Waals surface area (Å²) in [6, 6.07) is 17.2. The Morgan fingerprint density at radius 2 is 1.52 bits per heavy atom. The molecule has 0 aliphatic rings. The molecule has 3 aromatic rings. The molecule has 0 spiro atoms. The van der Waals surface area contributed by atoms with Gasteiger partial charge in [-0.1, -0.05) is 37.4 Å². The maximum Gasteiger partial charge on any atom is 0.165 e. The van der Waals surface area contributed by atoms with Crippen molar-refractivity contribution in [3.8, 4) is 11.5 Å². The summed E-state index contributed by atoms with van der Waals surface area (Å²) in [6.45, 7) is 3.68. The topological polar surface area (TPSA) is 9.23 Å². The zero-order valence-corrected chi connectivity index (χ0v) is 16.9. The van der Waals surface area contributed by atoms with Crippen LogP contribution in [0.2, 0.25) is 13.1 Å². The summed E-state index contributed by atoms with van der Waals surface area (Å²) in [7, 11) is -1.41. The Balaban J connectivity index is 1.99. The lowest BCUT2D eigenvalue weighted by Crippen LogP contribution is -2.18. The number of benzene rings is 3. The molecule has 1 unspecified atom stereocenters. The van der Waals surface area contributed by atoms with Crippen molar-refractivity contribution in [2.45, 2.75) is 18.6 Å². The van der Waals surface area contributed by atoms with Crippen LogP contribution in [0.3, 0.4) is 0 Å². The van der Waals surface area contributed by atoms with Crippen LogP contribution in [0, 0.1) is 11.6 Å². The second kappa shape index (κ2) is 9.09. The summed E-state index contributed by atoms with van der Waals surface area (Å²) in [5, 5.41) is 0. The molecule has 1 radical (unpaired) electrons. The first kappa shape index (κ1) is 20.9. The Bertz CT molecular complexity index is 1000. The van der Waals surface area contributed by atoms with E-state index in [2.05, 4.69) is 0 Å². The molecule has 0 heterocycles. The molecule has 0 saturated carbocycles. The minimum Gasteiger partial charge on any atom is -0.454 e. The molecule has 149 valence electrons. The Kier molecular flexibility index (Phi) is 6.54. The van der Waals surface area contributed by atoms with Gasteiger partial charge in [0.15, 0.2) is 17.4 Å². The van der Waals surface area contributed by atoms with Gasteiger partial charge in [0.25, 0.3) is 0 Å². The minimum absolute atomic E-state index is 0.0416. The normalized spacial score (nSPS) is 13.2. The first-order valence-electron chi connectivity index (χ1n) is 9.00. The Morgan fingerprint density at radius 3 is 2.14 bits per heavy atom. The van der Waals surface area contributed by atoms with Crippen molar-refractivity contribution in [1.82, 2.24) is 0 Å². The first-order valence-corrected chi connectivity index (χ1v) is 11.6. The van der Waals surface area contributed by atoms with Crippen molar-refractivity contribution in [3.63, 3.8) is 0 Å². The zero-order valence-electron chi connectivity index (χ0n) is 15.9. The van der Waals surface area contributed by atoms with Crippen LogP contribution in [0.15, 0.2) is 78.6 Å². The molecule has 0 aromatic heterocycles. The largest absolute Gasteiger partial charge is 0.454 e. The molecule has 0 saturated heterocycles. The van der Waals surface area contributed by atoms with Crippen molar-refractivity contribution in [2.24, 2.45) is 0 Å². The lowest BCUT2D eigenvalue weighted by molar-refractivity contribution is 0.441. The summed E-state index contributed by atoms with van der Waals surface area (Å²) in [4.78, 5) is 0. The molecular formula is C23H19F4OSi. The summed E-state index contributed by atoms with van der Waals surface area (Å²) in [5.41, 5.74) is -0.477. The number of para-hydroxylation sites is 1. The third-order valence-corrected chi connectivity index (χ3v) is 6.14. The second-order valence-corrected chi connectivity index (χ2v) is 9.52. The molecule has 1 nitrogen and oxygen atoms in total. The molecule has 3 rings (SSSR count). The summed E-state index contributed by atoms with van der Waals surface area (Å²) in [6.07, 6.45) is 0. The van der Waals surface area contributed by atoms with Gasteiger partial charge in [-0.05, 0) is 54.1 Å². The lowest BCUT2D eigenvalue weighted by Gasteiger charge is -2.20. The summed E-state index contributed by atoms with van der Waals surface area (Å²) >= 11 is 0. The molecule has 3 aromatic carbocycles. The molecule has 0 bridgehead atoms. The molecular weight excluding hydrogens is 396 g/mol. The quantitative estimate of drug-likeness (QED) is 0.300. The van der Waals surface area contributed by atoms with Crippen molar-refractivity contribution < 1.29 is 22.3 Å². The Labute approximate surface area is 168 Å². The SMILES string of the molecule is C[Si](C)C(/C(F)=C(\F)c1ccc(F)cc1)c1ccc(F)c(Oc2ccccc2)c1. The van der Waals surface area contributed by atoms with E-state index in [1.165, 1.54) is 30.3 Å². The second-order valence-electron chi connectivity index (χ2n) is 6.78. The molecule has 1 atom stereocenters. The van der Waals surface area contributed by atoms with Gasteiger partial charge in [0.1, 0.15) is 17.4 Å². The van der Waals surface area contributed by atoms with Crippen LogP contribution >= 0.6 is 0 Å². The number of allylic oxidation sites excluding steroid dienone is 1. The van der Waals surface area contributed by atoms with E-state index in [1.54, 1.807) is 30.3 Å². The zero-order chi connectivity index (χ0) is 21.0. The average Bonchev–Trinajstić information content (AvgIpc) is 2.71. The van der Waals surface area contributed by atoms with Gasteiger partial charge in [0.05, 0.1) is 8.80 Å². The third kappa shape index (κ3) is 4.95. The molecule has 0 N–H and O–H groups in total. The number of hydrogen-bond acceptors (Lipinski definition) is 1. The van der Waals surface area contributed by atoms with E-state index < -0.39 is 37.6 Å². The van der Waals surface area contributed by atoms with Crippen LogP contribution in [0.5, 0.6) is 11.5 Å². The van der Waals surface area contributed by atoms with Crippen molar-refractivity contribution >= 4 is 14.6 Å². The van der Waals surface area contributed by atoms with E-state index in [0.29, 0.717) is 11.3 Å². The monoisotopic (exact) mass is 415 g/mol. The van der Waals surface area contributed by atoms with Gasteiger partial charge in [-0.15, -0.1) is 0 Å². The summed E-state index contributed by atoms with van der Waals surface area (Å²) < 4.78 is 62.8. The maximum absolute atomic E-state index is 15.1. The van der Waals surface area contributed by atoms with Crippen LogP contribution < -0.4 is 4.74 Å². The van der Waals surface area contributed by atoms with Gasteiger partial charge in [-0.3, -0.25) is 0 Å². The highest BCUT2D eigenvalue weighted by Gasteiger charge is 2.27. The van der Waals surface area contributed by atoms with Crippen LogP contribution in [0.25, 0.3) is 5.83 Å².